The van der Waals surface area contributed by atoms with E-state index in [1.165, 1.54) is 11.4 Å². The zero-order valence-electron chi connectivity index (χ0n) is 11.8. The summed E-state index contributed by atoms with van der Waals surface area (Å²) in [6, 6.07) is 21.2. The van der Waals surface area contributed by atoms with E-state index in [4.69, 9.17) is 0 Å². The normalized spacial score (nSPS) is 10.7. The minimum Gasteiger partial charge on any atom is -0.340 e. The van der Waals surface area contributed by atoms with Crippen LogP contribution in [-0.2, 0) is 0 Å². The van der Waals surface area contributed by atoms with Crippen molar-refractivity contribution in [1.82, 2.24) is 4.90 Å². The van der Waals surface area contributed by atoms with E-state index in [9.17, 15) is 0 Å². The molecule has 0 saturated heterocycles. The molecular formula is C17H22N2. The first-order chi connectivity index (χ1) is 9.31. The lowest BCUT2D eigenvalue weighted by Gasteiger charge is -2.27. The summed E-state index contributed by atoms with van der Waals surface area (Å²) in [6.07, 6.45) is 0. The molecule has 0 saturated carbocycles. The molecular weight excluding hydrogens is 232 g/mol. The third-order valence-corrected chi connectivity index (χ3v) is 3.38. The summed E-state index contributed by atoms with van der Waals surface area (Å²) in [5.41, 5.74) is 2.50. The Morgan fingerprint density at radius 1 is 0.737 bits per heavy atom. The largest absolute Gasteiger partial charge is 0.340 e. The van der Waals surface area contributed by atoms with E-state index in [1.54, 1.807) is 0 Å². The molecule has 0 atom stereocenters. The van der Waals surface area contributed by atoms with Gasteiger partial charge < -0.3 is 9.80 Å². The number of benzene rings is 2. The van der Waals surface area contributed by atoms with Gasteiger partial charge in [-0.25, -0.2) is 0 Å². The summed E-state index contributed by atoms with van der Waals surface area (Å²) in [4.78, 5) is 4.70. The molecule has 2 rings (SSSR count). The number of likely N-dealkylation sites (N-methyl/N-ethyl adjacent to an activating group) is 1. The fourth-order valence-corrected chi connectivity index (χ4v) is 2.05. The van der Waals surface area contributed by atoms with Gasteiger partial charge in [-0.1, -0.05) is 43.3 Å². The number of nitrogens with zero attached hydrogens (tertiary/aromatic N) is 2. The number of hydrogen-bond acceptors (Lipinski definition) is 2. The van der Waals surface area contributed by atoms with E-state index in [-0.39, 0.29) is 0 Å². The van der Waals surface area contributed by atoms with Gasteiger partial charge in [0, 0.05) is 24.5 Å². The zero-order valence-corrected chi connectivity index (χ0v) is 11.8. The van der Waals surface area contributed by atoms with E-state index in [0.29, 0.717) is 0 Å². The molecule has 0 aromatic heterocycles. The van der Waals surface area contributed by atoms with Crippen LogP contribution in [0, 0.1) is 0 Å². The first-order valence-corrected chi connectivity index (χ1v) is 6.87. The Hall–Kier alpha value is -1.80. The van der Waals surface area contributed by atoms with Gasteiger partial charge in [0.1, 0.15) is 0 Å². The molecule has 0 aliphatic rings. The maximum absolute atomic E-state index is 2.37. The van der Waals surface area contributed by atoms with E-state index < -0.39 is 0 Å². The fraction of sp³-hybridized carbons (Fsp3) is 0.294. The zero-order chi connectivity index (χ0) is 13.5. The molecule has 2 aromatic rings. The standard InChI is InChI=1S/C17H22N2/c1-3-18(2)14-15-19(16-10-6-4-7-11-16)17-12-8-5-9-13-17/h4-13H,3,14-15H2,1-2H3. The molecule has 0 aliphatic carbocycles. The summed E-state index contributed by atoms with van der Waals surface area (Å²) in [5.74, 6) is 0. The van der Waals surface area contributed by atoms with Gasteiger partial charge in [-0.15, -0.1) is 0 Å². The highest BCUT2D eigenvalue weighted by atomic mass is 15.2. The van der Waals surface area contributed by atoms with Crippen LogP contribution in [-0.4, -0.2) is 31.6 Å². The second kappa shape index (κ2) is 6.95. The van der Waals surface area contributed by atoms with Crippen LogP contribution in [0.25, 0.3) is 0 Å². The van der Waals surface area contributed by atoms with Crippen molar-refractivity contribution in [3.8, 4) is 0 Å². The first-order valence-electron chi connectivity index (χ1n) is 6.87. The topological polar surface area (TPSA) is 6.48 Å². The summed E-state index contributed by atoms with van der Waals surface area (Å²) in [6.45, 7) is 5.32. The number of anilines is 2. The SMILES string of the molecule is CCN(C)CCN(c1ccccc1)c1ccccc1. The molecule has 0 bridgehead atoms. The van der Waals surface area contributed by atoms with Crippen LogP contribution in [0.4, 0.5) is 11.4 Å². The molecule has 2 nitrogen and oxygen atoms in total. The average Bonchev–Trinajstić information content (AvgIpc) is 2.49. The molecule has 0 spiro atoms. The number of para-hydroxylation sites is 2. The third-order valence-electron chi connectivity index (χ3n) is 3.38. The highest BCUT2D eigenvalue weighted by Crippen LogP contribution is 2.24. The van der Waals surface area contributed by atoms with Crippen molar-refractivity contribution < 1.29 is 0 Å². The minimum absolute atomic E-state index is 0.998. The lowest BCUT2D eigenvalue weighted by molar-refractivity contribution is 0.362. The molecule has 0 N–H and O–H groups in total. The van der Waals surface area contributed by atoms with Gasteiger partial charge in [-0.05, 0) is 37.9 Å². The van der Waals surface area contributed by atoms with Crippen molar-refractivity contribution in [3.63, 3.8) is 0 Å². The van der Waals surface area contributed by atoms with Crippen LogP contribution < -0.4 is 4.90 Å². The third kappa shape index (κ3) is 3.83. The molecule has 2 heteroatoms. The molecule has 0 amide bonds. The summed E-state index contributed by atoms with van der Waals surface area (Å²) < 4.78 is 0. The van der Waals surface area contributed by atoms with Crippen molar-refractivity contribution in [2.24, 2.45) is 0 Å². The smallest absolute Gasteiger partial charge is 0.0411 e. The lowest BCUT2D eigenvalue weighted by atomic mass is 10.2. The average molecular weight is 254 g/mol. The first kappa shape index (κ1) is 13.6. The lowest BCUT2D eigenvalue weighted by Crippen LogP contribution is -2.30. The van der Waals surface area contributed by atoms with Crippen LogP contribution in [0.1, 0.15) is 6.92 Å². The monoisotopic (exact) mass is 254 g/mol. The van der Waals surface area contributed by atoms with Crippen molar-refractivity contribution in [2.75, 3.05) is 31.6 Å². The van der Waals surface area contributed by atoms with Crippen molar-refractivity contribution >= 4 is 11.4 Å². The van der Waals surface area contributed by atoms with Crippen LogP contribution in [0.2, 0.25) is 0 Å². The Bertz CT molecular complexity index is 428. The molecule has 2 aromatic carbocycles. The predicted octanol–water partition coefficient (Wildman–Crippen LogP) is 3.78. The summed E-state index contributed by atoms with van der Waals surface area (Å²) in [5, 5.41) is 0. The second-order valence-corrected chi connectivity index (χ2v) is 4.72. The van der Waals surface area contributed by atoms with Crippen LogP contribution >= 0.6 is 0 Å². The summed E-state index contributed by atoms with van der Waals surface area (Å²) >= 11 is 0. The van der Waals surface area contributed by atoms with E-state index in [1.807, 2.05) is 0 Å². The van der Waals surface area contributed by atoms with Gasteiger partial charge >= 0.3 is 0 Å². The van der Waals surface area contributed by atoms with Crippen LogP contribution in [0.3, 0.4) is 0 Å². The molecule has 100 valence electrons. The Balaban J connectivity index is 2.19. The molecule has 0 radical (unpaired) electrons. The fourth-order valence-electron chi connectivity index (χ4n) is 2.05. The number of rotatable bonds is 6. The Morgan fingerprint density at radius 2 is 1.21 bits per heavy atom. The minimum atomic E-state index is 0.998. The van der Waals surface area contributed by atoms with Gasteiger partial charge in [0.2, 0.25) is 0 Å². The molecule has 19 heavy (non-hydrogen) atoms. The summed E-state index contributed by atoms with van der Waals surface area (Å²) in [7, 11) is 2.16. The molecule has 0 heterocycles. The highest BCUT2D eigenvalue weighted by molar-refractivity contribution is 5.62. The van der Waals surface area contributed by atoms with E-state index in [0.717, 1.165) is 19.6 Å². The maximum Gasteiger partial charge on any atom is 0.0411 e. The molecule has 0 aliphatic heterocycles. The Kier molecular flexibility index (Phi) is 4.99. The van der Waals surface area contributed by atoms with Crippen molar-refractivity contribution in [2.45, 2.75) is 6.92 Å². The van der Waals surface area contributed by atoms with Crippen LogP contribution in [0.5, 0.6) is 0 Å². The predicted molar refractivity (Wildman–Crippen MR) is 83.1 cm³/mol. The van der Waals surface area contributed by atoms with Gasteiger partial charge in [0.05, 0.1) is 0 Å². The van der Waals surface area contributed by atoms with Crippen molar-refractivity contribution in [1.29, 1.82) is 0 Å². The van der Waals surface area contributed by atoms with Gasteiger partial charge in [0.25, 0.3) is 0 Å². The molecule has 0 unspecified atom stereocenters. The van der Waals surface area contributed by atoms with Gasteiger partial charge in [-0.2, -0.15) is 0 Å². The Morgan fingerprint density at radius 3 is 1.63 bits per heavy atom. The molecule has 0 fully saturated rings. The van der Waals surface area contributed by atoms with E-state index in [2.05, 4.69) is 84.4 Å². The van der Waals surface area contributed by atoms with Crippen molar-refractivity contribution in [3.05, 3.63) is 60.7 Å². The quantitative estimate of drug-likeness (QED) is 0.774. The van der Waals surface area contributed by atoms with Gasteiger partial charge in [0.15, 0.2) is 0 Å². The van der Waals surface area contributed by atoms with Gasteiger partial charge in [-0.3, -0.25) is 0 Å². The highest BCUT2D eigenvalue weighted by Gasteiger charge is 2.09. The van der Waals surface area contributed by atoms with Crippen LogP contribution in [0.15, 0.2) is 60.7 Å². The maximum atomic E-state index is 2.37. The second-order valence-electron chi connectivity index (χ2n) is 4.72. The Labute approximate surface area is 116 Å². The number of hydrogen-bond donors (Lipinski definition) is 0. The van der Waals surface area contributed by atoms with E-state index >= 15 is 0 Å².